The van der Waals surface area contributed by atoms with E-state index < -0.39 is 0 Å². The van der Waals surface area contributed by atoms with Crippen LogP contribution in [0.4, 0.5) is 0 Å². The summed E-state index contributed by atoms with van der Waals surface area (Å²) in [5.74, 6) is 1.29. The summed E-state index contributed by atoms with van der Waals surface area (Å²) < 4.78 is 5.47. The number of rotatable bonds is 4. The van der Waals surface area contributed by atoms with Gasteiger partial charge < -0.3 is 25.8 Å². The molecule has 2 heterocycles. The van der Waals surface area contributed by atoms with Crippen molar-refractivity contribution in [2.45, 2.75) is 82.0 Å². The van der Waals surface area contributed by atoms with Gasteiger partial charge in [-0.1, -0.05) is 0 Å². The summed E-state index contributed by atoms with van der Waals surface area (Å²) in [5, 5.41) is 19.6. The lowest BCUT2D eigenvalue weighted by Gasteiger charge is -2.38. The average Bonchev–Trinajstić information content (AvgIpc) is 3.04. The molecular formula is C19H34N6O2. The van der Waals surface area contributed by atoms with Crippen molar-refractivity contribution in [1.82, 2.24) is 20.9 Å². The number of methoxy groups -OCH3 is 1. The largest absolute Gasteiger partial charge is 0.396 e. The summed E-state index contributed by atoms with van der Waals surface area (Å²) in [4.78, 5) is 7.26. The highest BCUT2D eigenvalue weighted by atomic mass is 16.5. The fourth-order valence-electron chi connectivity index (χ4n) is 4.96. The number of aliphatic imine (C=N–C) groups is 1. The number of hydrogen-bond acceptors (Lipinski definition) is 8. The van der Waals surface area contributed by atoms with E-state index in [-0.39, 0.29) is 12.5 Å². The van der Waals surface area contributed by atoms with E-state index in [1.54, 1.807) is 7.11 Å². The molecule has 4 aliphatic rings. The highest BCUT2D eigenvalue weighted by Crippen LogP contribution is 2.33. The summed E-state index contributed by atoms with van der Waals surface area (Å²) in [6, 6.07) is 0.848. The molecule has 1 saturated heterocycles. The Morgan fingerprint density at radius 3 is 2.63 bits per heavy atom. The topological polar surface area (TPSA) is 107 Å². The number of aliphatic hydroxyl groups excluding tert-OH is 1. The van der Waals surface area contributed by atoms with Crippen molar-refractivity contribution in [3.63, 3.8) is 0 Å². The normalized spacial score (nSPS) is 39.7. The van der Waals surface area contributed by atoms with Crippen LogP contribution in [0.15, 0.2) is 16.9 Å². The molecule has 8 heteroatoms. The molecule has 27 heavy (non-hydrogen) atoms. The SMILES string of the molecule is COC1CCC(NC2=NC3C(=CN2)NC(N)N3C2CCC(CO)CC2)CC1. The van der Waals surface area contributed by atoms with Gasteiger partial charge in [-0.2, -0.15) is 0 Å². The fraction of sp³-hybridized carbons (Fsp3) is 0.842. The second kappa shape index (κ2) is 8.34. The van der Waals surface area contributed by atoms with Gasteiger partial charge in [-0.05, 0) is 57.3 Å². The monoisotopic (exact) mass is 378 g/mol. The lowest BCUT2D eigenvalue weighted by Crippen LogP contribution is -2.53. The first kappa shape index (κ1) is 19.0. The van der Waals surface area contributed by atoms with Gasteiger partial charge >= 0.3 is 0 Å². The highest BCUT2D eigenvalue weighted by Gasteiger charge is 2.42. The summed E-state index contributed by atoms with van der Waals surface area (Å²) in [5.41, 5.74) is 7.43. The maximum Gasteiger partial charge on any atom is 0.197 e. The van der Waals surface area contributed by atoms with Crippen molar-refractivity contribution in [1.29, 1.82) is 0 Å². The number of nitrogens with one attached hydrogen (secondary N) is 3. The Balaban J connectivity index is 1.39. The minimum absolute atomic E-state index is 0.0465. The van der Waals surface area contributed by atoms with E-state index >= 15 is 0 Å². The molecule has 0 radical (unpaired) electrons. The lowest BCUT2D eigenvalue weighted by atomic mass is 9.85. The molecule has 2 atom stereocenters. The first-order chi connectivity index (χ1) is 13.2. The van der Waals surface area contributed by atoms with Crippen molar-refractivity contribution >= 4 is 5.96 Å². The van der Waals surface area contributed by atoms with Gasteiger partial charge in [0.1, 0.15) is 6.29 Å². The zero-order chi connectivity index (χ0) is 18.8. The molecule has 152 valence electrons. The Labute approximate surface area is 161 Å². The predicted molar refractivity (Wildman–Crippen MR) is 104 cm³/mol. The molecule has 0 spiro atoms. The Morgan fingerprint density at radius 1 is 1.22 bits per heavy atom. The quantitative estimate of drug-likeness (QED) is 0.481. The van der Waals surface area contributed by atoms with Crippen LogP contribution in [0.2, 0.25) is 0 Å². The number of ether oxygens (including phenoxy) is 1. The van der Waals surface area contributed by atoms with Gasteiger partial charge in [-0.25, -0.2) is 9.89 Å². The third-order valence-electron chi connectivity index (χ3n) is 6.66. The molecule has 8 nitrogen and oxygen atoms in total. The van der Waals surface area contributed by atoms with Gasteiger partial charge in [0.25, 0.3) is 0 Å². The molecule has 0 aromatic carbocycles. The van der Waals surface area contributed by atoms with Crippen molar-refractivity contribution in [2.24, 2.45) is 16.6 Å². The standard InChI is InChI=1S/C19H34N6O2/c1-27-15-8-4-13(5-9-15)22-19-21-10-16-17(24-19)25(18(20)23-16)14-6-2-12(11-26)3-7-14/h10,12-15,17-18,23,26H,2-9,11,20H2,1H3,(H2,21,22,24). The Kier molecular flexibility index (Phi) is 5.87. The summed E-state index contributed by atoms with van der Waals surface area (Å²) in [6.45, 7) is 0.299. The number of nitrogens with zero attached hydrogens (tertiary/aromatic N) is 2. The van der Waals surface area contributed by atoms with E-state index in [0.717, 1.165) is 63.0 Å². The van der Waals surface area contributed by atoms with Crippen LogP contribution in [0.5, 0.6) is 0 Å². The molecule has 3 fully saturated rings. The molecule has 0 aromatic heterocycles. The third-order valence-corrected chi connectivity index (χ3v) is 6.66. The van der Waals surface area contributed by atoms with Crippen molar-refractivity contribution in [2.75, 3.05) is 13.7 Å². The van der Waals surface area contributed by atoms with Crippen LogP contribution in [0.25, 0.3) is 0 Å². The Morgan fingerprint density at radius 2 is 1.96 bits per heavy atom. The van der Waals surface area contributed by atoms with Crippen molar-refractivity contribution in [3.8, 4) is 0 Å². The van der Waals surface area contributed by atoms with Gasteiger partial charge in [0.2, 0.25) is 0 Å². The first-order valence-electron chi connectivity index (χ1n) is 10.4. The van der Waals surface area contributed by atoms with Crippen molar-refractivity contribution in [3.05, 3.63) is 11.9 Å². The molecular weight excluding hydrogens is 344 g/mol. The zero-order valence-corrected chi connectivity index (χ0v) is 16.2. The van der Waals surface area contributed by atoms with Crippen LogP contribution in [0.1, 0.15) is 51.4 Å². The minimum Gasteiger partial charge on any atom is -0.396 e. The van der Waals surface area contributed by atoms with Crippen LogP contribution in [-0.4, -0.2) is 60.3 Å². The lowest BCUT2D eigenvalue weighted by molar-refractivity contribution is 0.0642. The minimum atomic E-state index is -0.209. The molecule has 4 rings (SSSR count). The summed E-state index contributed by atoms with van der Waals surface area (Å²) in [6.07, 6.45) is 10.8. The van der Waals surface area contributed by atoms with Crippen LogP contribution in [-0.2, 0) is 4.74 Å². The second-order valence-corrected chi connectivity index (χ2v) is 8.34. The molecule has 0 amide bonds. The highest BCUT2D eigenvalue weighted by molar-refractivity contribution is 5.82. The van der Waals surface area contributed by atoms with Crippen molar-refractivity contribution < 1.29 is 9.84 Å². The van der Waals surface area contributed by atoms with E-state index in [1.807, 2.05) is 6.20 Å². The summed E-state index contributed by atoms with van der Waals surface area (Å²) >= 11 is 0. The Bertz CT molecular complexity index is 567. The van der Waals surface area contributed by atoms with Gasteiger partial charge in [-0.3, -0.25) is 5.73 Å². The van der Waals surface area contributed by atoms with Crippen LogP contribution >= 0.6 is 0 Å². The summed E-state index contributed by atoms with van der Waals surface area (Å²) in [7, 11) is 1.80. The second-order valence-electron chi connectivity index (χ2n) is 8.34. The van der Waals surface area contributed by atoms with Gasteiger partial charge in [-0.15, -0.1) is 0 Å². The van der Waals surface area contributed by atoms with E-state index in [9.17, 15) is 5.11 Å². The number of fused-ring (bicyclic) bond motifs is 1. The van der Waals surface area contributed by atoms with E-state index in [4.69, 9.17) is 15.5 Å². The molecule has 2 saturated carbocycles. The third kappa shape index (κ3) is 4.08. The number of guanidine groups is 1. The van der Waals surface area contributed by atoms with Gasteiger partial charge in [0, 0.05) is 32.0 Å². The van der Waals surface area contributed by atoms with E-state index in [1.165, 1.54) is 0 Å². The predicted octanol–water partition coefficient (Wildman–Crippen LogP) is 0.359. The molecule has 2 aliphatic heterocycles. The number of nitrogens with two attached hydrogens (primary N) is 1. The molecule has 0 bridgehead atoms. The Hall–Kier alpha value is -1.35. The van der Waals surface area contributed by atoms with E-state index in [2.05, 4.69) is 20.9 Å². The molecule has 2 aliphatic carbocycles. The zero-order valence-electron chi connectivity index (χ0n) is 16.2. The van der Waals surface area contributed by atoms with Gasteiger partial charge in [0.15, 0.2) is 12.1 Å². The fourth-order valence-corrected chi connectivity index (χ4v) is 4.96. The number of aliphatic hydroxyl groups is 1. The molecule has 0 aromatic rings. The smallest absolute Gasteiger partial charge is 0.197 e. The maximum absolute atomic E-state index is 9.40. The molecule has 2 unspecified atom stereocenters. The molecule has 6 N–H and O–H groups in total. The maximum atomic E-state index is 9.40. The number of hydrogen-bond donors (Lipinski definition) is 5. The van der Waals surface area contributed by atoms with Gasteiger partial charge in [0.05, 0.1) is 11.8 Å². The van der Waals surface area contributed by atoms with Crippen LogP contribution in [0, 0.1) is 5.92 Å². The van der Waals surface area contributed by atoms with E-state index in [0.29, 0.717) is 30.7 Å². The van der Waals surface area contributed by atoms with Crippen LogP contribution < -0.4 is 21.7 Å². The average molecular weight is 379 g/mol. The van der Waals surface area contributed by atoms with Crippen LogP contribution in [0.3, 0.4) is 0 Å². The first-order valence-corrected chi connectivity index (χ1v) is 10.4.